The SMILES string of the molecule is CCOc1cc(CN2CC[C@H]3[C@H](CCC(=O)N3CCc3ccccc3F)C2)ccc1O. The van der Waals surface area contributed by atoms with Crippen LogP contribution in [0.2, 0.25) is 0 Å². The van der Waals surface area contributed by atoms with E-state index in [1.54, 1.807) is 18.2 Å². The van der Waals surface area contributed by atoms with E-state index in [4.69, 9.17) is 4.74 Å². The van der Waals surface area contributed by atoms with E-state index in [1.165, 1.54) is 6.07 Å². The van der Waals surface area contributed by atoms with Crippen LogP contribution in [0.5, 0.6) is 11.5 Å². The number of piperidine rings is 2. The van der Waals surface area contributed by atoms with Gasteiger partial charge in [-0.1, -0.05) is 24.3 Å². The highest BCUT2D eigenvalue weighted by molar-refractivity contribution is 5.77. The highest BCUT2D eigenvalue weighted by Crippen LogP contribution is 2.33. The van der Waals surface area contributed by atoms with Crippen molar-refractivity contribution >= 4 is 5.91 Å². The lowest BCUT2D eigenvalue weighted by molar-refractivity contribution is -0.141. The van der Waals surface area contributed by atoms with Crippen LogP contribution >= 0.6 is 0 Å². The van der Waals surface area contributed by atoms with E-state index in [1.807, 2.05) is 30.0 Å². The molecule has 2 saturated heterocycles. The number of nitrogens with zero attached hydrogens (tertiary/aromatic N) is 2. The molecule has 2 aliphatic rings. The lowest BCUT2D eigenvalue weighted by Gasteiger charge is -2.47. The molecule has 1 N–H and O–H groups in total. The minimum atomic E-state index is -0.196. The molecule has 0 radical (unpaired) electrons. The molecule has 2 aromatic rings. The summed E-state index contributed by atoms with van der Waals surface area (Å²) in [5.41, 5.74) is 1.79. The Hall–Kier alpha value is -2.60. The quantitative estimate of drug-likeness (QED) is 0.728. The maximum atomic E-state index is 14.0. The lowest BCUT2D eigenvalue weighted by Crippen LogP contribution is -2.56. The van der Waals surface area contributed by atoms with E-state index in [2.05, 4.69) is 4.90 Å². The molecule has 5 nitrogen and oxygen atoms in total. The molecule has 1 amide bonds. The monoisotopic (exact) mass is 426 g/mol. The van der Waals surface area contributed by atoms with Gasteiger partial charge in [-0.15, -0.1) is 0 Å². The van der Waals surface area contributed by atoms with Crippen LogP contribution in [0.15, 0.2) is 42.5 Å². The largest absolute Gasteiger partial charge is 0.504 e. The molecule has 2 aromatic carbocycles. The summed E-state index contributed by atoms with van der Waals surface area (Å²) in [5, 5.41) is 9.93. The van der Waals surface area contributed by atoms with Crippen molar-refractivity contribution in [1.29, 1.82) is 0 Å². The van der Waals surface area contributed by atoms with Crippen LogP contribution in [0, 0.1) is 11.7 Å². The molecule has 4 rings (SSSR count). The Balaban J connectivity index is 1.38. The Morgan fingerprint density at radius 1 is 1.19 bits per heavy atom. The number of carbonyl (C=O) groups is 1. The molecular weight excluding hydrogens is 395 g/mol. The van der Waals surface area contributed by atoms with Gasteiger partial charge in [-0.05, 0) is 61.4 Å². The first kappa shape index (κ1) is 21.6. The summed E-state index contributed by atoms with van der Waals surface area (Å²) in [4.78, 5) is 17.1. The van der Waals surface area contributed by atoms with Crippen molar-refractivity contribution in [3.05, 3.63) is 59.4 Å². The fourth-order valence-corrected chi connectivity index (χ4v) is 4.99. The normalized spacial score (nSPS) is 21.7. The Labute approximate surface area is 183 Å². The van der Waals surface area contributed by atoms with Crippen molar-refractivity contribution in [3.63, 3.8) is 0 Å². The molecule has 0 spiro atoms. The second kappa shape index (κ2) is 9.69. The molecule has 2 aliphatic heterocycles. The highest BCUT2D eigenvalue weighted by atomic mass is 19.1. The molecule has 6 heteroatoms. The van der Waals surface area contributed by atoms with Gasteiger partial charge in [0.1, 0.15) is 5.82 Å². The average molecular weight is 427 g/mol. The Morgan fingerprint density at radius 3 is 2.84 bits per heavy atom. The van der Waals surface area contributed by atoms with Crippen LogP contribution < -0.4 is 4.74 Å². The third kappa shape index (κ3) is 5.01. The Morgan fingerprint density at radius 2 is 2.03 bits per heavy atom. The van der Waals surface area contributed by atoms with Gasteiger partial charge >= 0.3 is 0 Å². The number of carbonyl (C=O) groups excluding carboxylic acids is 1. The molecule has 0 aliphatic carbocycles. The predicted molar refractivity (Wildman–Crippen MR) is 117 cm³/mol. The van der Waals surface area contributed by atoms with Gasteiger partial charge in [0.15, 0.2) is 11.5 Å². The summed E-state index contributed by atoms with van der Waals surface area (Å²) in [6.07, 6.45) is 2.97. The minimum absolute atomic E-state index is 0.167. The van der Waals surface area contributed by atoms with Crippen LogP contribution in [0.4, 0.5) is 4.39 Å². The number of aromatic hydroxyl groups is 1. The molecule has 0 unspecified atom stereocenters. The van der Waals surface area contributed by atoms with Crippen molar-refractivity contribution in [2.75, 3.05) is 26.2 Å². The number of amides is 1. The number of rotatable bonds is 7. The third-order valence-corrected chi connectivity index (χ3v) is 6.54. The molecule has 0 aromatic heterocycles. The number of phenols is 1. The number of benzene rings is 2. The number of halogens is 1. The van der Waals surface area contributed by atoms with Gasteiger partial charge in [-0.2, -0.15) is 0 Å². The van der Waals surface area contributed by atoms with Gasteiger partial charge in [-0.25, -0.2) is 4.39 Å². The molecule has 2 fully saturated rings. The summed E-state index contributed by atoms with van der Waals surface area (Å²) < 4.78 is 19.5. The van der Waals surface area contributed by atoms with E-state index < -0.39 is 0 Å². The summed E-state index contributed by atoms with van der Waals surface area (Å²) in [6.45, 7) is 5.65. The second-order valence-electron chi connectivity index (χ2n) is 8.55. The number of fused-ring (bicyclic) bond motifs is 1. The van der Waals surface area contributed by atoms with Crippen LogP contribution in [0.3, 0.4) is 0 Å². The zero-order valence-corrected chi connectivity index (χ0v) is 18.1. The predicted octanol–water partition coefficient (Wildman–Crippen LogP) is 3.99. The fourth-order valence-electron chi connectivity index (χ4n) is 4.99. The van der Waals surface area contributed by atoms with Gasteiger partial charge in [0.2, 0.25) is 5.91 Å². The summed E-state index contributed by atoms with van der Waals surface area (Å²) >= 11 is 0. The number of likely N-dealkylation sites (tertiary alicyclic amines) is 2. The van der Waals surface area contributed by atoms with Crippen molar-refractivity contribution in [2.24, 2.45) is 5.92 Å². The second-order valence-corrected chi connectivity index (χ2v) is 8.55. The molecular formula is C25H31FN2O3. The van der Waals surface area contributed by atoms with E-state index in [9.17, 15) is 14.3 Å². The van der Waals surface area contributed by atoms with E-state index in [0.29, 0.717) is 43.2 Å². The third-order valence-electron chi connectivity index (χ3n) is 6.54. The zero-order chi connectivity index (χ0) is 21.8. The van der Waals surface area contributed by atoms with Gasteiger partial charge in [0.05, 0.1) is 6.61 Å². The first-order valence-corrected chi connectivity index (χ1v) is 11.2. The Kier molecular flexibility index (Phi) is 6.76. The first-order chi connectivity index (χ1) is 15.0. The van der Waals surface area contributed by atoms with Crippen LogP contribution in [-0.4, -0.2) is 53.1 Å². The highest BCUT2D eigenvalue weighted by Gasteiger charge is 2.39. The number of hydrogen-bond acceptors (Lipinski definition) is 4. The van der Waals surface area contributed by atoms with Crippen LogP contribution in [0.1, 0.15) is 37.3 Å². The first-order valence-electron chi connectivity index (χ1n) is 11.2. The van der Waals surface area contributed by atoms with Crippen LogP contribution in [-0.2, 0) is 17.8 Å². The fraction of sp³-hybridized carbons (Fsp3) is 0.480. The summed E-state index contributed by atoms with van der Waals surface area (Å²) in [6, 6.07) is 12.6. The number of ether oxygens (including phenoxy) is 1. The smallest absolute Gasteiger partial charge is 0.222 e. The van der Waals surface area contributed by atoms with Gasteiger partial charge in [0, 0.05) is 38.6 Å². The number of hydrogen-bond donors (Lipinski definition) is 1. The molecule has 166 valence electrons. The average Bonchev–Trinajstić information content (AvgIpc) is 2.77. The zero-order valence-electron chi connectivity index (χ0n) is 18.1. The van der Waals surface area contributed by atoms with E-state index in [0.717, 1.165) is 38.0 Å². The molecule has 31 heavy (non-hydrogen) atoms. The van der Waals surface area contributed by atoms with Gasteiger partial charge < -0.3 is 14.7 Å². The number of phenolic OH excluding ortho intramolecular Hbond substituents is 1. The minimum Gasteiger partial charge on any atom is -0.504 e. The lowest BCUT2D eigenvalue weighted by atomic mass is 9.83. The summed E-state index contributed by atoms with van der Waals surface area (Å²) in [7, 11) is 0. The van der Waals surface area contributed by atoms with Crippen molar-refractivity contribution in [1.82, 2.24) is 9.80 Å². The van der Waals surface area contributed by atoms with Crippen molar-refractivity contribution in [2.45, 2.75) is 45.2 Å². The van der Waals surface area contributed by atoms with Crippen molar-refractivity contribution < 1.29 is 19.0 Å². The molecule has 0 bridgehead atoms. The van der Waals surface area contributed by atoms with Crippen LogP contribution in [0.25, 0.3) is 0 Å². The molecule has 2 atom stereocenters. The van der Waals surface area contributed by atoms with Crippen molar-refractivity contribution in [3.8, 4) is 11.5 Å². The maximum absolute atomic E-state index is 14.0. The Bertz CT molecular complexity index is 919. The standard InChI is InChI=1S/C25H31FN2O3/c1-2-31-24-15-18(7-9-23(24)29)16-27-13-12-22-20(17-27)8-10-25(30)28(22)14-11-19-5-3-4-6-21(19)26/h3-7,9,15,20,22,29H,2,8,10-14,16-17H2,1H3/t20-,22+/m1/s1. The molecule has 2 heterocycles. The topological polar surface area (TPSA) is 53.0 Å². The maximum Gasteiger partial charge on any atom is 0.222 e. The van der Waals surface area contributed by atoms with E-state index >= 15 is 0 Å². The van der Waals surface area contributed by atoms with E-state index in [-0.39, 0.29) is 23.5 Å². The molecule has 0 saturated carbocycles. The summed E-state index contributed by atoms with van der Waals surface area (Å²) in [5.74, 6) is 1.14. The van der Waals surface area contributed by atoms with Gasteiger partial charge in [0.25, 0.3) is 0 Å². The van der Waals surface area contributed by atoms with Gasteiger partial charge in [-0.3, -0.25) is 9.69 Å².